The number of carbonyl (C=O) groups is 9. The Morgan fingerprint density at radius 2 is 0.915 bits per heavy atom. The van der Waals surface area contributed by atoms with Gasteiger partial charge in [-0.25, -0.2) is 9.59 Å². The first-order valence-electron chi connectivity index (χ1n) is 19.9. The molecule has 0 aromatic heterocycles. The molecule has 21 heteroatoms. The second-order valence-corrected chi connectivity index (χ2v) is 15.1. The molecule has 0 saturated carbocycles. The third-order valence-electron chi connectivity index (χ3n) is 7.79. The molecule has 0 saturated heterocycles. The summed E-state index contributed by atoms with van der Waals surface area (Å²) >= 11 is 0. The fraction of sp³-hybridized carbons (Fsp3) is 0.711. The number of amides is 5. The number of unbranched alkanes of at least 4 members (excludes halogenated alkanes) is 2. The molecule has 0 aromatic carbocycles. The van der Waals surface area contributed by atoms with Gasteiger partial charge in [-0.2, -0.15) is 0 Å². The van der Waals surface area contributed by atoms with Gasteiger partial charge in [-0.15, -0.1) is 0 Å². The number of carbonyl (C=O) groups excluding carboxylic acids is 9. The summed E-state index contributed by atoms with van der Waals surface area (Å²) in [7, 11) is 2.31. The Balaban J connectivity index is 5.75. The molecule has 0 aliphatic rings. The summed E-state index contributed by atoms with van der Waals surface area (Å²) in [5.74, 6) is -5.07. The van der Waals surface area contributed by atoms with E-state index in [0.717, 1.165) is 10.8 Å². The van der Waals surface area contributed by atoms with Crippen molar-refractivity contribution >= 4 is 75.0 Å². The zero-order chi connectivity index (χ0) is 44.4. The van der Waals surface area contributed by atoms with Gasteiger partial charge in [0.25, 0.3) is 0 Å². The van der Waals surface area contributed by atoms with Crippen molar-refractivity contribution in [1.29, 1.82) is 0 Å². The Morgan fingerprint density at radius 3 is 1.37 bits per heavy atom. The van der Waals surface area contributed by atoms with Crippen LogP contribution >= 0.6 is 21.6 Å². The number of esters is 4. The first-order valence-corrected chi connectivity index (χ1v) is 22.4. The van der Waals surface area contributed by atoms with Crippen LogP contribution in [0, 0.1) is 13.8 Å². The van der Waals surface area contributed by atoms with Gasteiger partial charge in [0.1, 0.15) is 31.2 Å². The molecular formula is C38H64N6O13S2. The standard InChI is InChI=1S/C38H64N6O13S2/c1-7-13-17-30(45)42-26(37(52)56-11-5)16-15-21-39-28(35(50)40-22-33(48)54-9-3)24-58-59-25-29(36(51)41-23-34(49)55-10-4)44-32(47)20-19-27(38(53)57-12-6)43-31(46)18-14-8-2/h26-29,39H,1-2,7-25H2,3-6H3,(H,40,50)(H,41,51)(H,42,45)(H,43,46)(H,44,47)/t26-,27-,28-,29-/m0/s1. The lowest BCUT2D eigenvalue weighted by atomic mass is 10.1. The minimum Gasteiger partial charge on any atom is -0.465 e. The molecule has 5 amide bonds. The van der Waals surface area contributed by atoms with Gasteiger partial charge in [-0.3, -0.25) is 33.6 Å². The highest BCUT2D eigenvalue weighted by molar-refractivity contribution is 8.76. The Kier molecular flexibility index (Phi) is 32.3. The van der Waals surface area contributed by atoms with Gasteiger partial charge in [0.05, 0.1) is 32.5 Å². The lowest BCUT2D eigenvalue weighted by Gasteiger charge is -2.21. The Labute approximate surface area is 355 Å². The first kappa shape index (κ1) is 54.9. The van der Waals surface area contributed by atoms with Gasteiger partial charge in [0, 0.05) is 30.8 Å². The Morgan fingerprint density at radius 1 is 0.508 bits per heavy atom. The maximum absolute atomic E-state index is 13.2. The topological polar surface area (TPSA) is 263 Å². The molecule has 0 aliphatic heterocycles. The fourth-order valence-corrected chi connectivity index (χ4v) is 7.21. The number of nitrogens with one attached hydrogen (secondary N) is 6. The van der Waals surface area contributed by atoms with Crippen molar-refractivity contribution in [2.75, 3.05) is 57.6 Å². The lowest BCUT2D eigenvalue weighted by molar-refractivity contribution is -0.148. The van der Waals surface area contributed by atoms with E-state index in [9.17, 15) is 43.2 Å². The monoisotopic (exact) mass is 876 g/mol. The largest absolute Gasteiger partial charge is 0.465 e. The van der Waals surface area contributed by atoms with Crippen LogP contribution in [0.4, 0.5) is 0 Å². The van der Waals surface area contributed by atoms with Crippen LogP contribution < -0.4 is 31.9 Å². The van der Waals surface area contributed by atoms with E-state index in [1.54, 1.807) is 27.7 Å². The van der Waals surface area contributed by atoms with Crippen molar-refractivity contribution in [2.45, 2.75) is 116 Å². The minimum atomic E-state index is -1.17. The summed E-state index contributed by atoms with van der Waals surface area (Å²) in [5, 5.41) is 15.9. The molecule has 0 spiro atoms. The van der Waals surface area contributed by atoms with E-state index in [0.29, 0.717) is 32.1 Å². The van der Waals surface area contributed by atoms with Crippen molar-refractivity contribution in [3.05, 3.63) is 13.8 Å². The summed E-state index contributed by atoms with van der Waals surface area (Å²) in [4.78, 5) is 113. The molecule has 0 rings (SSSR count). The lowest BCUT2D eigenvalue weighted by Crippen LogP contribution is -2.50. The fourth-order valence-electron chi connectivity index (χ4n) is 4.84. The normalized spacial score (nSPS) is 12.7. The predicted octanol–water partition coefficient (Wildman–Crippen LogP) is 0.834. The molecule has 6 N–H and O–H groups in total. The summed E-state index contributed by atoms with van der Waals surface area (Å²) < 4.78 is 19.9. The van der Waals surface area contributed by atoms with E-state index in [1.165, 1.54) is 10.8 Å². The van der Waals surface area contributed by atoms with Crippen molar-refractivity contribution < 1.29 is 62.1 Å². The van der Waals surface area contributed by atoms with Crippen LogP contribution in [0.2, 0.25) is 0 Å². The average molecular weight is 877 g/mol. The van der Waals surface area contributed by atoms with Crippen LogP contribution in [-0.2, 0) is 62.1 Å². The maximum Gasteiger partial charge on any atom is 0.328 e. The number of rotatable bonds is 34. The number of hydrogen-bond donors (Lipinski definition) is 6. The molecule has 2 radical (unpaired) electrons. The van der Waals surface area contributed by atoms with E-state index in [-0.39, 0.29) is 89.0 Å². The molecule has 0 heterocycles. The van der Waals surface area contributed by atoms with Gasteiger partial charge in [-0.05, 0) is 66.3 Å². The third kappa shape index (κ3) is 27.3. The van der Waals surface area contributed by atoms with E-state index in [1.807, 2.05) is 0 Å². The Bertz CT molecular complexity index is 1330. The van der Waals surface area contributed by atoms with Crippen LogP contribution in [-0.4, -0.2) is 135 Å². The number of hydrogen-bond acceptors (Lipinski definition) is 16. The van der Waals surface area contributed by atoms with Crippen molar-refractivity contribution in [2.24, 2.45) is 0 Å². The molecule has 0 aromatic rings. The van der Waals surface area contributed by atoms with E-state index in [4.69, 9.17) is 18.9 Å². The van der Waals surface area contributed by atoms with Crippen molar-refractivity contribution in [3.63, 3.8) is 0 Å². The molecule has 336 valence electrons. The Hall–Kier alpha value is -4.11. The first-order chi connectivity index (χ1) is 28.3. The number of ether oxygens (including phenoxy) is 4. The predicted molar refractivity (Wildman–Crippen MR) is 222 cm³/mol. The second-order valence-electron chi connectivity index (χ2n) is 12.6. The van der Waals surface area contributed by atoms with Crippen LogP contribution in [0.5, 0.6) is 0 Å². The maximum atomic E-state index is 13.2. The van der Waals surface area contributed by atoms with Gasteiger partial charge < -0.3 is 50.8 Å². The molecule has 0 aliphatic carbocycles. The van der Waals surface area contributed by atoms with Gasteiger partial charge >= 0.3 is 23.9 Å². The molecule has 19 nitrogen and oxygen atoms in total. The summed E-state index contributed by atoms with van der Waals surface area (Å²) in [5.41, 5.74) is 0. The molecule has 59 heavy (non-hydrogen) atoms. The smallest absolute Gasteiger partial charge is 0.328 e. The van der Waals surface area contributed by atoms with E-state index < -0.39 is 78.2 Å². The summed E-state index contributed by atoms with van der Waals surface area (Å²) in [6.45, 7) is 13.7. The van der Waals surface area contributed by atoms with E-state index >= 15 is 0 Å². The molecule has 0 fully saturated rings. The van der Waals surface area contributed by atoms with Crippen LogP contribution in [0.1, 0.15) is 91.9 Å². The second kappa shape index (κ2) is 34.7. The highest BCUT2D eigenvalue weighted by Gasteiger charge is 2.27. The van der Waals surface area contributed by atoms with Crippen molar-refractivity contribution in [3.8, 4) is 0 Å². The summed E-state index contributed by atoms with van der Waals surface area (Å²) in [6, 6.07) is -4.04. The zero-order valence-electron chi connectivity index (χ0n) is 34.8. The van der Waals surface area contributed by atoms with Gasteiger partial charge in [-0.1, -0.05) is 48.3 Å². The highest BCUT2D eigenvalue weighted by atomic mass is 33.1. The van der Waals surface area contributed by atoms with E-state index in [2.05, 4.69) is 45.7 Å². The van der Waals surface area contributed by atoms with Gasteiger partial charge in [0.15, 0.2) is 0 Å². The molecule has 0 unspecified atom stereocenters. The van der Waals surface area contributed by atoms with Crippen LogP contribution in [0.15, 0.2) is 0 Å². The summed E-state index contributed by atoms with van der Waals surface area (Å²) in [6.07, 6.45) is 2.69. The highest BCUT2D eigenvalue weighted by Crippen LogP contribution is 2.23. The quantitative estimate of drug-likeness (QED) is 0.0226. The van der Waals surface area contributed by atoms with Crippen LogP contribution in [0.25, 0.3) is 0 Å². The SMILES string of the molecule is [CH2]CCCC(=O)N[C@@H](CCCN[C@@H](CSSC[C@H](NC(=O)CC[C@H](NC(=O)CCC[CH2])C(=O)OCC)C(=O)NCC(=O)OCC)C(=O)NCC(=O)OCC)C(=O)OCC. The molecule has 0 bridgehead atoms. The third-order valence-corrected chi connectivity index (χ3v) is 10.2. The average Bonchev–Trinajstić information content (AvgIpc) is 3.20. The van der Waals surface area contributed by atoms with Crippen molar-refractivity contribution in [1.82, 2.24) is 31.9 Å². The van der Waals surface area contributed by atoms with Crippen LogP contribution in [0.3, 0.4) is 0 Å². The molecular weight excluding hydrogens is 813 g/mol. The molecule has 4 atom stereocenters. The van der Waals surface area contributed by atoms with Gasteiger partial charge in [0.2, 0.25) is 29.5 Å². The minimum absolute atomic E-state index is 0.0274. The zero-order valence-corrected chi connectivity index (χ0v) is 36.4.